The summed E-state index contributed by atoms with van der Waals surface area (Å²) in [5.41, 5.74) is 11.2. The van der Waals surface area contributed by atoms with E-state index in [1.165, 1.54) is 0 Å². The molecule has 0 saturated heterocycles. The normalized spacial score (nSPS) is 14.2. The van der Waals surface area contributed by atoms with Crippen LogP contribution in [0.5, 0.6) is 11.5 Å². The van der Waals surface area contributed by atoms with Crippen molar-refractivity contribution in [2.75, 3.05) is 13.2 Å². The Hall–Kier alpha value is -1.26. The van der Waals surface area contributed by atoms with Gasteiger partial charge < -0.3 is 20.9 Å². The zero-order valence-corrected chi connectivity index (χ0v) is 9.85. The molecule has 90 valence electrons. The van der Waals surface area contributed by atoms with Crippen LogP contribution in [-0.2, 0) is 0 Å². The van der Waals surface area contributed by atoms with Crippen LogP contribution in [0.25, 0.3) is 0 Å². The van der Waals surface area contributed by atoms with Gasteiger partial charge in [-0.3, -0.25) is 0 Å². The molecule has 16 heavy (non-hydrogen) atoms. The Morgan fingerprint density at radius 3 is 1.81 bits per heavy atom. The maximum atomic E-state index is 5.60. The summed E-state index contributed by atoms with van der Waals surface area (Å²) in [5.74, 6) is 1.53. The van der Waals surface area contributed by atoms with Gasteiger partial charge in [0.05, 0.1) is 0 Å². The number of nitrogens with two attached hydrogens (primary N) is 2. The summed E-state index contributed by atoms with van der Waals surface area (Å²) in [5, 5.41) is 0. The Morgan fingerprint density at radius 1 is 1.00 bits per heavy atom. The average molecular weight is 224 g/mol. The van der Waals surface area contributed by atoms with E-state index < -0.39 is 0 Å². The lowest BCUT2D eigenvalue weighted by molar-refractivity contribution is 0.282. The smallest absolute Gasteiger partial charge is 0.123 e. The van der Waals surface area contributed by atoms with E-state index in [4.69, 9.17) is 20.9 Å². The summed E-state index contributed by atoms with van der Waals surface area (Å²) >= 11 is 0. The number of ether oxygens (including phenoxy) is 2. The van der Waals surface area contributed by atoms with Crippen molar-refractivity contribution >= 4 is 0 Å². The molecule has 4 N–H and O–H groups in total. The van der Waals surface area contributed by atoms with Gasteiger partial charge in [0, 0.05) is 18.2 Å². The highest BCUT2D eigenvalue weighted by atomic mass is 16.5. The lowest BCUT2D eigenvalue weighted by Crippen LogP contribution is -2.24. The lowest BCUT2D eigenvalue weighted by Gasteiger charge is -2.11. The van der Waals surface area contributed by atoms with Gasteiger partial charge in [-0.1, -0.05) is 6.07 Å². The molecular formula is C12H20N2O2. The standard InChI is InChI=1S/C12H20N2O2/c1-9(13)7-15-11-4-3-5-12(6-11)16-8-10(2)14/h3-6,9-10H,7-8,13-14H2,1-2H3. The van der Waals surface area contributed by atoms with Crippen LogP contribution < -0.4 is 20.9 Å². The van der Waals surface area contributed by atoms with E-state index in [-0.39, 0.29) is 12.1 Å². The summed E-state index contributed by atoms with van der Waals surface area (Å²) in [7, 11) is 0. The molecular weight excluding hydrogens is 204 g/mol. The molecule has 0 bridgehead atoms. The van der Waals surface area contributed by atoms with Crippen LogP contribution in [0, 0.1) is 0 Å². The fraction of sp³-hybridized carbons (Fsp3) is 0.500. The maximum Gasteiger partial charge on any atom is 0.123 e. The first-order chi connectivity index (χ1) is 7.58. The first-order valence-electron chi connectivity index (χ1n) is 5.44. The maximum absolute atomic E-state index is 5.60. The second-order valence-corrected chi connectivity index (χ2v) is 4.05. The summed E-state index contributed by atoms with van der Waals surface area (Å²) in [6.45, 7) is 4.79. The monoisotopic (exact) mass is 224 g/mol. The van der Waals surface area contributed by atoms with Gasteiger partial charge in [-0.25, -0.2) is 0 Å². The van der Waals surface area contributed by atoms with Crippen molar-refractivity contribution in [3.05, 3.63) is 24.3 Å². The van der Waals surface area contributed by atoms with Crippen molar-refractivity contribution in [1.82, 2.24) is 0 Å². The van der Waals surface area contributed by atoms with Crippen molar-refractivity contribution in [1.29, 1.82) is 0 Å². The number of hydrogen-bond acceptors (Lipinski definition) is 4. The van der Waals surface area contributed by atoms with Gasteiger partial charge in [-0.2, -0.15) is 0 Å². The molecule has 0 saturated carbocycles. The van der Waals surface area contributed by atoms with Gasteiger partial charge in [0.2, 0.25) is 0 Å². The van der Waals surface area contributed by atoms with Crippen LogP contribution in [0.2, 0.25) is 0 Å². The van der Waals surface area contributed by atoms with Gasteiger partial charge in [-0.05, 0) is 26.0 Å². The molecule has 2 unspecified atom stereocenters. The first kappa shape index (κ1) is 12.8. The highest BCUT2D eigenvalue weighted by molar-refractivity contribution is 5.32. The Bertz CT molecular complexity index is 286. The SMILES string of the molecule is CC(N)COc1cccc(OCC(C)N)c1. The number of benzene rings is 1. The quantitative estimate of drug-likeness (QED) is 0.760. The van der Waals surface area contributed by atoms with E-state index in [0.29, 0.717) is 13.2 Å². The molecule has 0 radical (unpaired) electrons. The molecule has 0 heterocycles. The van der Waals surface area contributed by atoms with Crippen LogP contribution in [0.1, 0.15) is 13.8 Å². The summed E-state index contributed by atoms with van der Waals surface area (Å²) < 4.78 is 11.0. The molecule has 1 aromatic rings. The minimum absolute atomic E-state index is 0.0219. The molecule has 1 aromatic carbocycles. The zero-order chi connectivity index (χ0) is 12.0. The van der Waals surface area contributed by atoms with Crippen molar-refractivity contribution in [2.24, 2.45) is 11.5 Å². The molecule has 0 amide bonds. The average Bonchev–Trinajstić information content (AvgIpc) is 2.24. The lowest BCUT2D eigenvalue weighted by atomic mass is 10.3. The van der Waals surface area contributed by atoms with E-state index >= 15 is 0 Å². The van der Waals surface area contributed by atoms with Crippen LogP contribution >= 0.6 is 0 Å². The van der Waals surface area contributed by atoms with Crippen molar-refractivity contribution in [2.45, 2.75) is 25.9 Å². The molecule has 4 nitrogen and oxygen atoms in total. The molecule has 1 rings (SSSR count). The minimum atomic E-state index is 0.0219. The highest BCUT2D eigenvalue weighted by Crippen LogP contribution is 2.19. The molecule has 0 fully saturated rings. The second kappa shape index (κ2) is 6.35. The van der Waals surface area contributed by atoms with E-state index in [1.54, 1.807) is 0 Å². The Kier molecular flexibility index (Phi) is 5.08. The molecule has 0 aliphatic rings. The van der Waals surface area contributed by atoms with Crippen LogP contribution in [0.15, 0.2) is 24.3 Å². The predicted octanol–water partition coefficient (Wildman–Crippen LogP) is 1.14. The van der Waals surface area contributed by atoms with E-state index in [1.807, 2.05) is 38.1 Å². The minimum Gasteiger partial charge on any atom is -0.492 e. The van der Waals surface area contributed by atoms with Crippen molar-refractivity contribution in [3.8, 4) is 11.5 Å². The van der Waals surface area contributed by atoms with Gasteiger partial charge in [0.15, 0.2) is 0 Å². The Labute approximate surface area is 96.5 Å². The molecule has 0 aliphatic heterocycles. The van der Waals surface area contributed by atoms with Crippen molar-refractivity contribution < 1.29 is 9.47 Å². The van der Waals surface area contributed by atoms with Gasteiger partial charge in [-0.15, -0.1) is 0 Å². The molecule has 2 atom stereocenters. The third kappa shape index (κ3) is 5.00. The first-order valence-corrected chi connectivity index (χ1v) is 5.44. The Balaban J connectivity index is 2.50. The van der Waals surface area contributed by atoms with Gasteiger partial charge in [0.25, 0.3) is 0 Å². The fourth-order valence-corrected chi connectivity index (χ4v) is 1.11. The van der Waals surface area contributed by atoms with Gasteiger partial charge in [0.1, 0.15) is 24.7 Å². The fourth-order valence-electron chi connectivity index (χ4n) is 1.11. The molecule has 0 aromatic heterocycles. The molecule has 4 heteroatoms. The highest BCUT2D eigenvalue weighted by Gasteiger charge is 2.01. The summed E-state index contributed by atoms with van der Waals surface area (Å²) in [6.07, 6.45) is 0. The van der Waals surface area contributed by atoms with Crippen LogP contribution in [-0.4, -0.2) is 25.3 Å². The van der Waals surface area contributed by atoms with E-state index in [0.717, 1.165) is 11.5 Å². The van der Waals surface area contributed by atoms with E-state index in [2.05, 4.69) is 0 Å². The zero-order valence-electron chi connectivity index (χ0n) is 9.85. The van der Waals surface area contributed by atoms with Crippen LogP contribution in [0.3, 0.4) is 0 Å². The number of rotatable bonds is 6. The molecule has 0 aliphatic carbocycles. The Morgan fingerprint density at radius 2 is 1.44 bits per heavy atom. The third-order valence-corrected chi connectivity index (χ3v) is 1.83. The summed E-state index contributed by atoms with van der Waals surface area (Å²) in [6, 6.07) is 7.52. The summed E-state index contributed by atoms with van der Waals surface area (Å²) in [4.78, 5) is 0. The topological polar surface area (TPSA) is 70.5 Å². The predicted molar refractivity (Wildman–Crippen MR) is 64.7 cm³/mol. The third-order valence-electron chi connectivity index (χ3n) is 1.83. The number of hydrogen-bond donors (Lipinski definition) is 2. The second-order valence-electron chi connectivity index (χ2n) is 4.05. The van der Waals surface area contributed by atoms with Crippen LogP contribution in [0.4, 0.5) is 0 Å². The largest absolute Gasteiger partial charge is 0.492 e. The van der Waals surface area contributed by atoms with E-state index in [9.17, 15) is 0 Å². The van der Waals surface area contributed by atoms with Gasteiger partial charge >= 0.3 is 0 Å². The molecule has 0 spiro atoms. The van der Waals surface area contributed by atoms with Crippen molar-refractivity contribution in [3.63, 3.8) is 0 Å².